The molecule has 0 spiro atoms. The highest BCUT2D eigenvalue weighted by atomic mass is 19.1. The lowest BCUT2D eigenvalue weighted by Crippen LogP contribution is -2.55. The van der Waals surface area contributed by atoms with Crippen LogP contribution in [0.4, 0.5) is 10.1 Å². The minimum atomic E-state index is -0.617. The molecule has 2 saturated heterocycles. The third-order valence-corrected chi connectivity index (χ3v) is 5.24. The number of rotatable bonds is 3. The summed E-state index contributed by atoms with van der Waals surface area (Å²) in [6.45, 7) is 0. The normalized spacial score (nSPS) is 27.5. The van der Waals surface area contributed by atoms with Gasteiger partial charge in [-0.25, -0.2) is 4.39 Å². The van der Waals surface area contributed by atoms with Crippen LogP contribution in [0.1, 0.15) is 42.5 Å². The Labute approximate surface area is 136 Å². The summed E-state index contributed by atoms with van der Waals surface area (Å²) in [5, 5.41) is 2.99. The van der Waals surface area contributed by atoms with Crippen molar-refractivity contribution < 1.29 is 13.9 Å². The first-order chi connectivity index (χ1) is 11.0. The van der Waals surface area contributed by atoms with E-state index in [1.54, 1.807) is 0 Å². The lowest BCUT2D eigenvalue weighted by Gasteiger charge is -2.47. The second kappa shape index (κ2) is 6.35. The van der Waals surface area contributed by atoms with Gasteiger partial charge in [-0.2, -0.15) is 0 Å². The van der Waals surface area contributed by atoms with Crippen molar-refractivity contribution in [1.29, 1.82) is 0 Å². The molecule has 2 aliphatic heterocycles. The predicted molar refractivity (Wildman–Crippen MR) is 87.0 cm³/mol. The van der Waals surface area contributed by atoms with E-state index in [1.807, 2.05) is 0 Å². The molecular weight excluding hydrogens is 297 g/mol. The van der Waals surface area contributed by atoms with Crippen molar-refractivity contribution in [2.75, 3.05) is 19.9 Å². The average Bonchev–Trinajstić information content (AvgIpc) is 2.48. The van der Waals surface area contributed by atoms with Gasteiger partial charge in [-0.05, 0) is 38.8 Å². The fraction of sp³-hybridized carbons (Fsp3) is 0.588. The van der Waals surface area contributed by atoms with E-state index in [2.05, 4.69) is 17.3 Å². The standard InChI is InChI=1S/C17H24FN3O2/c1-21-11-4-3-5-12(21)7-10(6-11)20-17(22)13-8-16(23-2)15(19)9-14(13)18/h8-12H,3-7,19H2,1-2H3,(H,20,22). The average molecular weight is 321 g/mol. The smallest absolute Gasteiger partial charge is 0.254 e. The van der Waals surface area contributed by atoms with Gasteiger partial charge in [-0.15, -0.1) is 0 Å². The number of benzene rings is 1. The highest BCUT2D eigenvalue weighted by molar-refractivity contribution is 5.95. The molecule has 126 valence electrons. The van der Waals surface area contributed by atoms with Crippen LogP contribution in [-0.2, 0) is 0 Å². The van der Waals surface area contributed by atoms with E-state index in [-0.39, 0.29) is 17.3 Å². The Kier molecular flexibility index (Phi) is 4.43. The summed E-state index contributed by atoms with van der Waals surface area (Å²) < 4.78 is 19.1. The van der Waals surface area contributed by atoms with Crippen LogP contribution < -0.4 is 15.8 Å². The van der Waals surface area contributed by atoms with E-state index in [1.165, 1.54) is 32.4 Å². The SMILES string of the molecule is COc1cc(C(=O)NC2CC3CCCC(C2)N3C)c(F)cc1N. The van der Waals surface area contributed by atoms with Gasteiger partial charge in [0.2, 0.25) is 0 Å². The van der Waals surface area contributed by atoms with E-state index in [0.29, 0.717) is 17.8 Å². The van der Waals surface area contributed by atoms with Crippen LogP contribution in [0.25, 0.3) is 0 Å². The van der Waals surface area contributed by atoms with Gasteiger partial charge in [0, 0.05) is 24.2 Å². The number of halogens is 1. The molecule has 2 bridgehead atoms. The Balaban J connectivity index is 1.72. The van der Waals surface area contributed by atoms with Gasteiger partial charge in [-0.3, -0.25) is 4.79 Å². The molecule has 5 nitrogen and oxygen atoms in total. The van der Waals surface area contributed by atoms with E-state index in [4.69, 9.17) is 10.5 Å². The maximum absolute atomic E-state index is 14.1. The second-order valence-electron chi connectivity index (χ2n) is 6.62. The number of nitrogen functional groups attached to an aromatic ring is 1. The quantitative estimate of drug-likeness (QED) is 0.837. The van der Waals surface area contributed by atoms with Gasteiger partial charge in [-0.1, -0.05) is 6.42 Å². The molecule has 1 aromatic carbocycles. The molecule has 0 saturated carbocycles. The number of methoxy groups -OCH3 is 1. The third kappa shape index (κ3) is 3.13. The minimum absolute atomic E-state index is 0.0138. The highest BCUT2D eigenvalue weighted by Crippen LogP contribution is 2.33. The zero-order valence-electron chi connectivity index (χ0n) is 13.6. The van der Waals surface area contributed by atoms with Crippen molar-refractivity contribution in [3.63, 3.8) is 0 Å². The van der Waals surface area contributed by atoms with Crippen molar-refractivity contribution in [3.8, 4) is 5.75 Å². The Morgan fingerprint density at radius 1 is 1.35 bits per heavy atom. The molecule has 1 amide bonds. The first kappa shape index (κ1) is 16.1. The summed E-state index contributed by atoms with van der Waals surface area (Å²) in [5.74, 6) is -0.695. The molecule has 2 atom stereocenters. The van der Waals surface area contributed by atoms with Crippen molar-refractivity contribution in [1.82, 2.24) is 10.2 Å². The number of hydrogen-bond donors (Lipinski definition) is 2. The minimum Gasteiger partial charge on any atom is -0.495 e. The molecule has 2 aliphatic rings. The number of nitrogens with two attached hydrogens (primary N) is 1. The molecule has 0 radical (unpaired) electrons. The molecule has 3 rings (SSSR count). The number of carbonyl (C=O) groups excluding carboxylic acids is 1. The molecule has 0 aromatic heterocycles. The summed E-state index contributed by atoms with van der Waals surface area (Å²) in [5.41, 5.74) is 5.84. The molecular formula is C17H24FN3O2. The van der Waals surface area contributed by atoms with Gasteiger partial charge < -0.3 is 20.7 Å². The highest BCUT2D eigenvalue weighted by Gasteiger charge is 2.36. The maximum atomic E-state index is 14.1. The zero-order chi connectivity index (χ0) is 16.6. The molecule has 2 fully saturated rings. The van der Waals surface area contributed by atoms with Crippen molar-refractivity contribution in [2.24, 2.45) is 0 Å². The van der Waals surface area contributed by atoms with E-state index >= 15 is 0 Å². The molecule has 1 aromatic rings. The third-order valence-electron chi connectivity index (χ3n) is 5.24. The predicted octanol–water partition coefficient (Wildman–Crippen LogP) is 2.16. The summed E-state index contributed by atoms with van der Waals surface area (Å²) in [4.78, 5) is 14.9. The number of piperidine rings is 2. The van der Waals surface area contributed by atoms with Crippen LogP contribution in [0, 0.1) is 5.82 Å². The van der Waals surface area contributed by atoms with E-state index in [0.717, 1.165) is 18.9 Å². The second-order valence-corrected chi connectivity index (χ2v) is 6.62. The van der Waals surface area contributed by atoms with Crippen LogP contribution in [0.5, 0.6) is 5.75 Å². The fourth-order valence-electron chi connectivity index (χ4n) is 3.92. The number of amides is 1. The van der Waals surface area contributed by atoms with Crippen LogP contribution in [-0.4, -0.2) is 43.1 Å². The number of hydrogen-bond acceptors (Lipinski definition) is 4. The molecule has 6 heteroatoms. The number of nitrogens with one attached hydrogen (secondary N) is 1. The van der Waals surface area contributed by atoms with E-state index in [9.17, 15) is 9.18 Å². The van der Waals surface area contributed by atoms with E-state index < -0.39 is 11.7 Å². The topological polar surface area (TPSA) is 67.6 Å². The lowest BCUT2D eigenvalue weighted by atomic mass is 9.82. The first-order valence-corrected chi connectivity index (χ1v) is 8.15. The zero-order valence-corrected chi connectivity index (χ0v) is 13.6. The lowest BCUT2D eigenvalue weighted by molar-refractivity contribution is 0.0462. The number of anilines is 1. The Morgan fingerprint density at radius 2 is 2.00 bits per heavy atom. The van der Waals surface area contributed by atoms with Crippen LogP contribution in [0.3, 0.4) is 0 Å². The molecule has 2 unspecified atom stereocenters. The van der Waals surface area contributed by atoms with Crippen LogP contribution in [0.15, 0.2) is 12.1 Å². The van der Waals surface area contributed by atoms with Gasteiger partial charge in [0.05, 0.1) is 18.4 Å². The molecule has 2 heterocycles. The number of carbonyl (C=O) groups is 1. The summed E-state index contributed by atoms with van der Waals surface area (Å²) in [6, 6.07) is 3.63. The van der Waals surface area contributed by atoms with Gasteiger partial charge in [0.25, 0.3) is 5.91 Å². The Morgan fingerprint density at radius 3 is 2.61 bits per heavy atom. The van der Waals surface area contributed by atoms with Crippen LogP contribution >= 0.6 is 0 Å². The first-order valence-electron chi connectivity index (χ1n) is 8.15. The largest absolute Gasteiger partial charge is 0.495 e. The molecule has 23 heavy (non-hydrogen) atoms. The van der Waals surface area contributed by atoms with Crippen LogP contribution in [0.2, 0.25) is 0 Å². The Hall–Kier alpha value is -1.82. The number of nitrogens with zero attached hydrogens (tertiary/aromatic N) is 1. The number of ether oxygens (including phenoxy) is 1. The Bertz CT molecular complexity index is 594. The summed E-state index contributed by atoms with van der Waals surface area (Å²) in [6.07, 6.45) is 5.44. The van der Waals surface area contributed by atoms with Gasteiger partial charge in [0.15, 0.2) is 0 Å². The molecule has 3 N–H and O–H groups in total. The van der Waals surface area contributed by atoms with Gasteiger partial charge >= 0.3 is 0 Å². The molecule has 0 aliphatic carbocycles. The van der Waals surface area contributed by atoms with Crippen molar-refractivity contribution in [3.05, 3.63) is 23.5 Å². The van der Waals surface area contributed by atoms with Crippen molar-refractivity contribution in [2.45, 2.75) is 50.2 Å². The van der Waals surface area contributed by atoms with Gasteiger partial charge in [0.1, 0.15) is 11.6 Å². The summed E-state index contributed by atoms with van der Waals surface area (Å²) in [7, 11) is 3.61. The monoisotopic (exact) mass is 321 g/mol. The van der Waals surface area contributed by atoms with Crippen molar-refractivity contribution >= 4 is 11.6 Å². The number of fused-ring (bicyclic) bond motifs is 2. The fourth-order valence-corrected chi connectivity index (χ4v) is 3.92. The summed E-state index contributed by atoms with van der Waals surface area (Å²) >= 11 is 0. The maximum Gasteiger partial charge on any atom is 0.254 e.